The van der Waals surface area contributed by atoms with Crippen LogP contribution in [0.4, 0.5) is 5.82 Å². The highest BCUT2D eigenvalue weighted by atomic mass is 32.1. The molecular weight excluding hydrogens is 302 g/mol. The fraction of sp³-hybridized carbons (Fsp3) is 0.368. The van der Waals surface area contributed by atoms with Gasteiger partial charge in [0.15, 0.2) is 0 Å². The van der Waals surface area contributed by atoms with Gasteiger partial charge in [0.2, 0.25) is 0 Å². The maximum Gasteiger partial charge on any atom is 0.138 e. The van der Waals surface area contributed by atoms with Crippen LogP contribution in [0.3, 0.4) is 0 Å². The van der Waals surface area contributed by atoms with Crippen molar-refractivity contribution in [2.75, 3.05) is 11.9 Å². The van der Waals surface area contributed by atoms with E-state index in [-0.39, 0.29) is 0 Å². The molecule has 23 heavy (non-hydrogen) atoms. The molecule has 0 fully saturated rings. The molecular formula is C19H25N3S. The molecule has 0 aliphatic heterocycles. The third-order valence-corrected chi connectivity index (χ3v) is 4.35. The summed E-state index contributed by atoms with van der Waals surface area (Å²) in [5.41, 5.74) is 1.38. The molecule has 0 aliphatic carbocycles. The van der Waals surface area contributed by atoms with Gasteiger partial charge in [-0.1, -0.05) is 44.2 Å². The highest BCUT2D eigenvalue weighted by Gasteiger charge is 2.08. The van der Waals surface area contributed by atoms with E-state index >= 15 is 0 Å². The number of hydrogen-bond donors (Lipinski definition) is 1. The Labute approximate surface area is 142 Å². The number of thiophene rings is 1. The van der Waals surface area contributed by atoms with E-state index in [0.29, 0.717) is 0 Å². The molecule has 1 aromatic carbocycles. The lowest BCUT2D eigenvalue weighted by Gasteiger charge is -2.07. The van der Waals surface area contributed by atoms with Gasteiger partial charge in [-0.3, -0.25) is 0 Å². The molecule has 0 saturated heterocycles. The first-order valence-corrected chi connectivity index (χ1v) is 9.06. The normalized spacial score (nSPS) is 10.3. The van der Waals surface area contributed by atoms with Crippen LogP contribution in [-0.2, 0) is 6.42 Å². The average Bonchev–Trinajstić information content (AvgIpc) is 2.94. The number of fused-ring (bicyclic) bond motifs is 1. The second-order valence-corrected chi connectivity index (χ2v) is 6.45. The van der Waals surface area contributed by atoms with Gasteiger partial charge in [-0.15, -0.1) is 11.3 Å². The predicted molar refractivity (Wildman–Crippen MR) is 101 cm³/mol. The van der Waals surface area contributed by atoms with Crippen molar-refractivity contribution in [2.24, 2.45) is 0 Å². The zero-order chi connectivity index (χ0) is 16.7. The molecule has 0 radical (unpaired) electrons. The molecule has 0 aliphatic rings. The number of benzene rings is 1. The second-order valence-electron chi connectivity index (χ2n) is 5.21. The topological polar surface area (TPSA) is 37.8 Å². The van der Waals surface area contributed by atoms with Gasteiger partial charge in [0.1, 0.15) is 16.5 Å². The highest BCUT2D eigenvalue weighted by Crippen LogP contribution is 2.28. The van der Waals surface area contributed by atoms with Crippen LogP contribution >= 0.6 is 11.3 Å². The first kappa shape index (κ1) is 17.4. The van der Waals surface area contributed by atoms with Crippen molar-refractivity contribution in [3.05, 3.63) is 52.7 Å². The maximum absolute atomic E-state index is 4.54. The molecule has 0 spiro atoms. The Morgan fingerprint density at radius 2 is 1.78 bits per heavy atom. The third-order valence-electron chi connectivity index (χ3n) is 3.41. The lowest BCUT2D eigenvalue weighted by atomic mass is 10.1. The molecule has 3 rings (SSSR count). The maximum atomic E-state index is 4.54. The molecule has 0 saturated carbocycles. The minimum absolute atomic E-state index is 0.829. The molecule has 2 heterocycles. The number of rotatable bonds is 5. The summed E-state index contributed by atoms with van der Waals surface area (Å²) in [6.07, 6.45) is 2.18. The lowest BCUT2D eigenvalue weighted by molar-refractivity contribution is 0.858. The van der Waals surface area contributed by atoms with Crippen LogP contribution in [0.5, 0.6) is 0 Å². The zero-order valence-corrected chi connectivity index (χ0v) is 15.2. The first-order chi connectivity index (χ1) is 11.2. The van der Waals surface area contributed by atoms with Gasteiger partial charge in [-0.2, -0.15) is 0 Å². The Balaban J connectivity index is 0.000000924. The summed E-state index contributed by atoms with van der Waals surface area (Å²) < 4.78 is 0. The van der Waals surface area contributed by atoms with Gasteiger partial charge >= 0.3 is 0 Å². The number of nitrogens with one attached hydrogen (secondary N) is 1. The minimum atomic E-state index is 0.829. The Morgan fingerprint density at radius 1 is 1.04 bits per heavy atom. The summed E-state index contributed by atoms with van der Waals surface area (Å²) in [4.78, 5) is 11.4. The van der Waals surface area contributed by atoms with Gasteiger partial charge < -0.3 is 5.32 Å². The molecule has 3 nitrogen and oxygen atoms in total. The van der Waals surface area contributed by atoms with Crippen molar-refractivity contribution < 1.29 is 0 Å². The van der Waals surface area contributed by atoms with Crippen molar-refractivity contribution in [2.45, 2.75) is 40.5 Å². The quantitative estimate of drug-likeness (QED) is 0.639. The first-order valence-electron chi connectivity index (χ1n) is 8.25. The molecule has 2 aromatic heterocycles. The van der Waals surface area contributed by atoms with E-state index < -0.39 is 0 Å². The fourth-order valence-electron chi connectivity index (χ4n) is 2.43. The van der Waals surface area contributed by atoms with Crippen molar-refractivity contribution in [3.8, 4) is 0 Å². The summed E-state index contributed by atoms with van der Waals surface area (Å²) in [5.74, 6) is 1.80. The number of anilines is 1. The molecule has 0 amide bonds. The largest absolute Gasteiger partial charge is 0.369 e. The van der Waals surface area contributed by atoms with Crippen LogP contribution in [0, 0.1) is 13.8 Å². The van der Waals surface area contributed by atoms with Crippen molar-refractivity contribution in [1.82, 2.24) is 9.97 Å². The summed E-state index contributed by atoms with van der Waals surface area (Å²) in [7, 11) is 0. The molecule has 4 heteroatoms. The van der Waals surface area contributed by atoms with Crippen LogP contribution in [0.2, 0.25) is 0 Å². The third kappa shape index (κ3) is 4.76. The summed E-state index contributed by atoms with van der Waals surface area (Å²) >= 11 is 1.73. The molecule has 3 aromatic rings. The number of hydrogen-bond acceptors (Lipinski definition) is 4. The van der Waals surface area contributed by atoms with Crippen LogP contribution in [-0.4, -0.2) is 16.5 Å². The van der Waals surface area contributed by atoms with Gasteiger partial charge in [-0.05, 0) is 38.3 Å². The van der Waals surface area contributed by atoms with E-state index in [4.69, 9.17) is 0 Å². The van der Waals surface area contributed by atoms with E-state index in [2.05, 4.69) is 58.6 Å². The average molecular weight is 327 g/mol. The zero-order valence-electron chi connectivity index (χ0n) is 14.4. The smallest absolute Gasteiger partial charge is 0.138 e. The Hall–Kier alpha value is -1.94. The van der Waals surface area contributed by atoms with Crippen LogP contribution in [0.15, 0.2) is 36.4 Å². The molecule has 0 bridgehead atoms. The van der Waals surface area contributed by atoms with Gasteiger partial charge in [-0.25, -0.2) is 9.97 Å². The van der Waals surface area contributed by atoms with Crippen molar-refractivity contribution in [1.29, 1.82) is 0 Å². The SMILES string of the molecule is CC.Cc1nc(NCCCc2ccccc2)c2cc(C)sc2n1. The Bertz CT molecular complexity index is 735. The van der Waals surface area contributed by atoms with Crippen LogP contribution in [0.1, 0.15) is 36.5 Å². The van der Waals surface area contributed by atoms with E-state index in [9.17, 15) is 0 Å². The minimum Gasteiger partial charge on any atom is -0.369 e. The second kappa shape index (κ2) is 8.63. The summed E-state index contributed by atoms with van der Waals surface area (Å²) in [6, 6.07) is 12.8. The van der Waals surface area contributed by atoms with Gasteiger partial charge in [0.25, 0.3) is 0 Å². The number of nitrogens with zero attached hydrogens (tertiary/aromatic N) is 2. The van der Waals surface area contributed by atoms with Crippen molar-refractivity contribution >= 4 is 27.4 Å². The van der Waals surface area contributed by atoms with E-state index in [1.807, 2.05) is 20.8 Å². The lowest BCUT2D eigenvalue weighted by Crippen LogP contribution is -2.06. The predicted octanol–water partition coefficient (Wildman–Crippen LogP) is 5.38. The highest BCUT2D eigenvalue weighted by molar-refractivity contribution is 7.18. The van der Waals surface area contributed by atoms with Crippen LogP contribution < -0.4 is 5.32 Å². The molecule has 122 valence electrons. The standard InChI is InChI=1S/C17H19N3S.C2H6/c1-12-11-15-16(19-13(2)20-17(15)21-12)18-10-6-9-14-7-4-3-5-8-14;1-2/h3-5,7-8,11H,6,9-10H2,1-2H3,(H,18,19,20);1-2H3. The monoisotopic (exact) mass is 327 g/mol. The Kier molecular flexibility index (Phi) is 6.53. The van der Waals surface area contributed by atoms with E-state index in [1.165, 1.54) is 10.4 Å². The number of aromatic nitrogens is 2. The van der Waals surface area contributed by atoms with E-state index in [0.717, 1.165) is 41.2 Å². The summed E-state index contributed by atoms with van der Waals surface area (Å²) in [6.45, 7) is 8.99. The Morgan fingerprint density at radius 3 is 2.52 bits per heavy atom. The molecule has 1 N–H and O–H groups in total. The summed E-state index contributed by atoms with van der Waals surface area (Å²) in [5, 5.41) is 4.61. The van der Waals surface area contributed by atoms with Gasteiger partial charge in [0.05, 0.1) is 5.39 Å². The molecule has 0 unspecified atom stereocenters. The van der Waals surface area contributed by atoms with Crippen molar-refractivity contribution in [3.63, 3.8) is 0 Å². The van der Waals surface area contributed by atoms with Crippen LogP contribution in [0.25, 0.3) is 10.2 Å². The molecule has 0 atom stereocenters. The van der Waals surface area contributed by atoms with Gasteiger partial charge in [0, 0.05) is 11.4 Å². The fourth-order valence-corrected chi connectivity index (χ4v) is 3.35. The number of aryl methyl sites for hydroxylation is 3. The van der Waals surface area contributed by atoms with E-state index in [1.54, 1.807) is 11.3 Å².